The number of amides is 1. The van der Waals surface area contributed by atoms with Crippen LogP contribution in [0.1, 0.15) is 29.3 Å². The molecule has 0 aromatic carbocycles. The van der Waals surface area contributed by atoms with Crippen molar-refractivity contribution in [1.29, 1.82) is 0 Å². The molecule has 20 heavy (non-hydrogen) atoms. The van der Waals surface area contributed by atoms with Crippen molar-refractivity contribution in [2.45, 2.75) is 18.2 Å². The van der Waals surface area contributed by atoms with E-state index >= 15 is 0 Å². The van der Waals surface area contributed by atoms with Crippen molar-refractivity contribution in [3.8, 4) is 0 Å². The van der Waals surface area contributed by atoms with E-state index in [2.05, 4.69) is 20.5 Å². The molecule has 0 fully saturated rings. The van der Waals surface area contributed by atoms with Crippen molar-refractivity contribution in [1.82, 2.24) is 20.5 Å². The zero-order chi connectivity index (χ0) is 14.8. The molecule has 1 atom stereocenters. The van der Waals surface area contributed by atoms with Gasteiger partial charge < -0.3 is 9.73 Å². The maximum absolute atomic E-state index is 11.9. The lowest BCUT2D eigenvalue weighted by Crippen LogP contribution is -2.27. The van der Waals surface area contributed by atoms with Crippen LogP contribution >= 0.6 is 0 Å². The molecule has 0 bridgehead atoms. The van der Waals surface area contributed by atoms with E-state index in [1.165, 1.54) is 6.20 Å². The molecule has 9 heteroatoms. The van der Waals surface area contributed by atoms with E-state index in [9.17, 15) is 13.2 Å². The zero-order valence-corrected chi connectivity index (χ0v) is 11.6. The smallest absolute Gasteiger partial charge is 0.335 e. The maximum Gasteiger partial charge on any atom is 0.335 e. The Balaban J connectivity index is 2.11. The summed E-state index contributed by atoms with van der Waals surface area (Å²) in [6.45, 7) is 1.60. The van der Waals surface area contributed by atoms with E-state index in [1.807, 2.05) is 0 Å². The normalized spacial score (nSPS) is 12.9. The summed E-state index contributed by atoms with van der Waals surface area (Å²) in [5, 5.41) is 9.12. The monoisotopic (exact) mass is 296 g/mol. The average molecular weight is 296 g/mol. The number of hydrogen-bond donors (Lipinski definition) is 1. The summed E-state index contributed by atoms with van der Waals surface area (Å²) in [6.07, 6.45) is 2.45. The molecule has 1 amide bonds. The van der Waals surface area contributed by atoms with Gasteiger partial charge in [-0.25, -0.2) is 8.42 Å². The number of carbonyl (C=O) groups is 1. The molecule has 8 nitrogen and oxygen atoms in total. The Bertz CT molecular complexity index is 711. The number of nitrogens with one attached hydrogen (secondary N) is 1. The van der Waals surface area contributed by atoms with Gasteiger partial charge in [0.15, 0.2) is 0 Å². The van der Waals surface area contributed by atoms with Crippen molar-refractivity contribution in [2.75, 3.05) is 6.26 Å². The van der Waals surface area contributed by atoms with E-state index in [0.717, 1.165) is 6.26 Å². The molecule has 2 rings (SSSR count). The fraction of sp³-hybridized carbons (Fsp3) is 0.273. The van der Waals surface area contributed by atoms with Crippen LogP contribution in [0, 0.1) is 0 Å². The molecule has 2 aromatic heterocycles. The highest BCUT2D eigenvalue weighted by molar-refractivity contribution is 7.90. The van der Waals surface area contributed by atoms with Gasteiger partial charge in [0, 0.05) is 12.5 Å². The first-order valence-corrected chi connectivity index (χ1v) is 7.52. The van der Waals surface area contributed by atoms with Gasteiger partial charge in [0.2, 0.25) is 15.7 Å². The highest BCUT2D eigenvalue weighted by Crippen LogP contribution is 2.14. The molecule has 0 radical (unpaired) electrons. The van der Waals surface area contributed by atoms with Gasteiger partial charge in [-0.15, -0.1) is 5.10 Å². The largest absolute Gasteiger partial charge is 0.410 e. The van der Waals surface area contributed by atoms with Crippen LogP contribution in [0.25, 0.3) is 0 Å². The van der Waals surface area contributed by atoms with Crippen LogP contribution in [0.2, 0.25) is 0 Å². The van der Waals surface area contributed by atoms with Crippen LogP contribution in [-0.2, 0) is 9.84 Å². The quantitative estimate of drug-likeness (QED) is 0.866. The van der Waals surface area contributed by atoms with E-state index in [0.29, 0.717) is 0 Å². The Morgan fingerprint density at radius 1 is 1.35 bits per heavy atom. The topological polar surface area (TPSA) is 115 Å². The number of rotatable bonds is 4. The first-order chi connectivity index (χ1) is 9.38. The van der Waals surface area contributed by atoms with Crippen LogP contribution in [0.4, 0.5) is 0 Å². The Morgan fingerprint density at radius 2 is 2.10 bits per heavy atom. The number of carbonyl (C=O) groups excluding carboxylic acids is 1. The van der Waals surface area contributed by atoms with Crippen molar-refractivity contribution >= 4 is 15.7 Å². The van der Waals surface area contributed by atoms with Crippen LogP contribution in [0.3, 0.4) is 0 Å². The minimum Gasteiger partial charge on any atom is -0.410 e. The highest BCUT2D eigenvalue weighted by atomic mass is 32.2. The van der Waals surface area contributed by atoms with E-state index in [4.69, 9.17) is 4.42 Å². The van der Waals surface area contributed by atoms with Crippen LogP contribution in [0.5, 0.6) is 0 Å². The molecule has 0 spiro atoms. The van der Waals surface area contributed by atoms with Crippen molar-refractivity contribution in [2.24, 2.45) is 0 Å². The molecule has 0 saturated heterocycles. The second-order valence-corrected chi connectivity index (χ2v) is 5.98. The number of aromatic nitrogens is 3. The standard InChI is InChI=1S/C11H12N4O4S/c1-7(10-14-15-11(19-10)20(2,17)18)13-9(16)8-5-3-4-6-12-8/h3-7H,1-2H3,(H,13,16)/t7-/m0/s1. The second-order valence-electron chi connectivity index (χ2n) is 4.09. The maximum atomic E-state index is 11.9. The Hall–Kier alpha value is -2.29. The first-order valence-electron chi connectivity index (χ1n) is 5.63. The van der Waals surface area contributed by atoms with E-state index in [1.54, 1.807) is 25.1 Å². The molecule has 0 aliphatic heterocycles. The minimum atomic E-state index is -3.56. The third kappa shape index (κ3) is 3.18. The average Bonchev–Trinajstić information content (AvgIpc) is 2.89. The van der Waals surface area contributed by atoms with Crippen LogP contribution in [-0.4, -0.2) is 35.8 Å². The summed E-state index contributed by atoms with van der Waals surface area (Å²) in [5.74, 6) is -0.410. The molecule has 106 valence electrons. The molecule has 2 aromatic rings. The fourth-order valence-electron chi connectivity index (χ4n) is 1.37. The lowest BCUT2D eigenvalue weighted by Gasteiger charge is -2.08. The number of hydrogen-bond acceptors (Lipinski definition) is 7. The minimum absolute atomic E-state index is 0.00899. The Labute approximate surface area is 115 Å². The SMILES string of the molecule is C[C@H](NC(=O)c1ccccn1)c1nnc(S(C)(=O)=O)o1. The number of pyridine rings is 1. The van der Waals surface area contributed by atoms with Gasteiger partial charge in [0.25, 0.3) is 5.91 Å². The van der Waals surface area contributed by atoms with Gasteiger partial charge in [-0.05, 0) is 19.1 Å². The molecule has 2 heterocycles. The number of nitrogens with zero attached hydrogens (tertiary/aromatic N) is 3. The lowest BCUT2D eigenvalue weighted by molar-refractivity contribution is 0.0928. The third-order valence-electron chi connectivity index (χ3n) is 2.35. The van der Waals surface area contributed by atoms with E-state index < -0.39 is 27.0 Å². The molecule has 0 saturated carbocycles. The first kappa shape index (κ1) is 14.1. The van der Waals surface area contributed by atoms with E-state index in [-0.39, 0.29) is 11.6 Å². The molecule has 0 unspecified atom stereocenters. The number of sulfone groups is 1. The summed E-state index contributed by atoms with van der Waals surface area (Å²) in [6, 6.07) is 4.29. The molecular weight excluding hydrogens is 284 g/mol. The summed E-state index contributed by atoms with van der Waals surface area (Å²) in [4.78, 5) is 15.7. The van der Waals surface area contributed by atoms with Gasteiger partial charge in [0.1, 0.15) is 11.7 Å². The second kappa shape index (κ2) is 5.37. The molecular formula is C11H12N4O4S. The molecule has 0 aliphatic rings. The van der Waals surface area contributed by atoms with Gasteiger partial charge in [0.05, 0.1) is 0 Å². The zero-order valence-electron chi connectivity index (χ0n) is 10.8. The summed E-state index contributed by atoms with van der Waals surface area (Å²) < 4.78 is 27.4. The molecule has 1 N–H and O–H groups in total. The van der Waals surface area contributed by atoms with Gasteiger partial charge in [-0.1, -0.05) is 11.2 Å². The van der Waals surface area contributed by atoms with Crippen molar-refractivity contribution < 1.29 is 17.6 Å². The summed E-state index contributed by atoms with van der Waals surface area (Å²) in [7, 11) is -3.56. The van der Waals surface area contributed by atoms with Gasteiger partial charge >= 0.3 is 5.22 Å². The van der Waals surface area contributed by atoms with Crippen LogP contribution < -0.4 is 5.32 Å². The molecule has 0 aliphatic carbocycles. The van der Waals surface area contributed by atoms with Crippen molar-refractivity contribution in [3.63, 3.8) is 0 Å². The predicted molar refractivity (Wildman–Crippen MR) is 67.5 cm³/mol. The summed E-state index contributed by atoms with van der Waals surface area (Å²) >= 11 is 0. The lowest BCUT2D eigenvalue weighted by atomic mass is 10.3. The third-order valence-corrected chi connectivity index (χ3v) is 3.15. The summed E-state index contributed by atoms with van der Waals surface area (Å²) in [5.41, 5.74) is 0.238. The highest BCUT2D eigenvalue weighted by Gasteiger charge is 2.21. The van der Waals surface area contributed by atoms with Gasteiger partial charge in [-0.2, -0.15) is 0 Å². The van der Waals surface area contributed by atoms with Gasteiger partial charge in [-0.3, -0.25) is 9.78 Å². The predicted octanol–water partition coefficient (Wildman–Crippen LogP) is 0.359. The fourth-order valence-corrected chi connectivity index (χ4v) is 1.80. The Kier molecular flexibility index (Phi) is 3.79. The van der Waals surface area contributed by atoms with Crippen molar-refractivity contribution in [3.05, 3.63) is 36.0 Å². The van der Waals surface area contributed by atoms with Crippen LogP contribution in [0.15, 0.2) is 34.0 Å². The Morgan fingerprint density at radius 3 is 2.65 bits per heavy atom.